The van der Waals surface area contributed by atoms with Gasteiger partial charge in [-0.3, -0.25) is 0 Å². The van der Waals surface area contributed by atoms with Crippen LogP contribution in [0.15, 0.2) is 24.3 Å². The van der Waals surface area contributed by atoms with Crippen molar-refractivity contribution in [2.24, 2.45) is 5.73 Å². The van der Waals surface area contributed by atoms with Crippen molar-refractivity contribution >= 4 is 5.69 Å². The third-order valence-electron chi connectivity index (χ3n) is 3.14. The second-order valence-corrected chi connectivity index (χ2v) is 4.30. The summed E-state index contributed by atoms with van der Waals surface area (Å²) < 4.78 is 13.9. The molecule has 1 atom stereocenters. The fourth-order valence-electron chi connectivity index (χ4n) is 2.30. The molecule has 16 heavy (non-hydrogen) atoms. The van der Waals surface area contributed by atoms with Crippen LogP contribution in [-0.4, -0.2) is 19.6 Å². The highest BCUT2D eigenvalue weighted by Gasteiger charge is 2.19. The van der Waals surface area contributed by atoms with Crippen molar-refractivity contribution in [2.45, 2.75) is 25.4 Å². The second kappa shape index (κ2) is 5.30. The van der Waals surface area contributed by atoms with Crippen LogP contribution in [0.2, 0.25) is 0 Å². The average molecular weight is 222 g/mol. The number of anilines is 1. The zero-order chi connectivity index (χ0) is 11.4. The molecule has 1 aromatic carbocycles. The summed E-state index contributed by atoms with van der Waals surface area (Å²) in [4.78, 5) is 2.28. The summed E-state index contributed by atoms with van der Waals surface area (Å²) in [5.41, 5.74) is 7.27. The summed E-state index contributed by atoms with van der Waals surface area (Å²) in [6.45, 7) is 2.49. The van der Waals surface area contributed by atoms with Gasteiger partial charge in [-0.15, -0.1) is 0 Å². The normalized spacial score (nSPS) is 17.8. The van der Waals surface area contributed by atoms with Crippen LogP contribution in [0, 0.1) is 0 Å². The first-order valence-corrected chi connectivity index (χ1v) is 6.01. The van der Waals surface area contributed by atoms with Crippen LogP contribution in [0.5, 0.6) is 0 Å². The van der Waals surface area contributed by atoms with E-state index in [-0.39, 0.29) is 0 Å². The molecule has 0 aliphatic carbocycles. The van der Waals surface area contributed by atoms with Crippen LogP contribution in [0.4, 0.5) is 10.1 Å². The van der Waals surface area contributed by atoms with Crippen molar-refractivity contribution in [3.8, 4) is 0 Å². The van der Waals surface area contributed by atoms with Gasteiger partial charge in [-0.05, 0) is 31.9 Å². The highest BCUT2D eigenvalue weighted by molar-refractivity contribution is 5.55. The highest BCUT2D eigenvalue weighted by atomic mass is 19.1. The molecule has 1 saturated heterocycles. The number of halogens is 1. The maximum Gasteiger partial charge on any atom is 0.128 e. The SMILES string of the molecule is NCCC(F)c1ccccc1N1CCCC1. The van der Waals surface area contributed by atoms with E-state index in [1.165, 1.54) is 12.8 Å². The molecule has 0 aromatic heterocycles. The van der Waals surface area contributed by atoms with Gasteiger partial charge in [0.05, 0.1) is 0 Å². The zero-order valence-corrected chi connectivity index (χ0v) is 9.53. The first kappa shape index (κ1) is 11.4. The summed E-state index contributed by atoms with van der Waals surface area (Å²) in [5.74, 6) is 0. The van der Waals surface area contributed by atoms with Crippen molar-refractivity contribution in [2.75, 3.05) is 24.5 Å². The third-order valence-corrected chi connectivity index (χ3v) is 3.14. The van der Waals surface area contributed by atoms with E-state index in [1.807, 2.05) is 24.3 Å². The molecule has 0 amide bonds. The van der Waals surface area contributed by atoms with Crippen LogP contribution >= 0.6 is 0 Å². The second-order valence-electron chi connectivity index (χ2n) is 4.30. The Hall–Kier alpha value is -1.09. The molecule has 0 saturated carbocycles. The van der Waals surface area contributed by atoms with Crippen molar-refractivity contribution in [3.63, 3.8) is 0 Å². The lowest BCUT2D eigenvalue weighted by atomic mass is 10.0. The van der Waals surface area contributed by atoms with E-state index in [9.17, 15) is 4.39 Å². The first-order valence-electron chi connectivity index (χ1n) is 6.01. The van der Waals surface area contributed by atoms with Gasteiger partial charge in [-0.2, -0.15) is 0 Å². The molecule has 0 spiro atoms. The average Bonchev–Trinajstić information content (AvgIpc) is 2.83. The minimum Gasteiger partial charge on any atom is -0.371 e. The van der Waals surface area contributed by atoms with Crippen LogP contribution in [0.25, 0.3) is 0 Å². The molecule has 1 aromatic rings. The Kier molecular flexibility index (Phi) is 3.78. The number of hydrogen-bond donors (Lipinski definition) is 1. The van der Waals surface area contributed by atoms with Crippen molar-refractivity contribution < 1.29 is 4.39 Å². The van der Waals surface area contributed by atoms with E-state index in [4.69, 9.17) is 5.73 Å². The van der Waals surface area contributed by atoms with E-state index in [0.29, 0.717) is 13.0 Å². The molecule has 0 radical (unpaired) electrons. The Morgan fingerprint density at radius 1 is 1.25 bits per heavy atom. The van der Waals surface area contributed by atoms with E-state index < -0.39 is 6.17 Å². The number of alkyl halides is 1. The zero-order valence-electron chi connectivity index (χ0n) is 9.53. The Bertz CT molecular complexity index is 334. The molecule has 1 fully saturated rings. The van der Waals surface area contributed by atoms with Gasteiger partial charge in [0.15, 0.2) is 0 Å². The molecule has 2 nitrogen and oxygen atoms in total. The summed E-state index contributed by atoms with van der Waals surface area (Å²) in [6, 6.07) is 7.78. The summed E-state index contributed by atoms with van der Waals surface area (Å²) in [7, 11) is 0. The Balaban J connectivity index is 2.22. The van der Waals surface area contributed by atoms with Gasteiger partial charge in [-0.25, -0.2) is 4.39 Å². The Morgan fingerprint density at radius 2 is 1.94 bits per heavy atom. The predicted octanol–water partition coefficient (Wildman–Crippen LogP) is 2.65. The Labute approximate surface area is 96.2 Å². The summed E-state index contributed by atoms with van der Waals surface area (Å²) in [5, 5.41) is 0. The summed E-state index contributed by atoms with van der Waals surface area (Å²) in [6.07, 6.45) is 1.90. The van der Waals surface area contributed by atoms with Gasteiger partial charge < -0.3 is 10.6 Å². The standard InChI is InChI=1S/C13H19FN2/c14-12(7-8-15)11-5-1-2-6-13(11)16-9-3-4-10-16/h1-2,5-6,12H,3-4,7-10,15H2. The van der Waals surface area contributed by atoms with Gasteiger partial charge in [0.25, 0.3) is 0 Å². The minimum absolute atomic E-state index is 0.398. The number of nitrogens with two attached hydrogens (primary N) is 1. The first-order chi connectivity index (χ1) is 7.83. The van der Waals surface area contributed by atoms with Gasteiger partial charge >= 0.3 is 0 Å². The molecule has 1 aliphatic heterocycles. The molecule has 1 unspecified atom stereocenters. The molecular weight excluding hydrogens is 203 g/mol. The number of para-hydroxylation sites is 1. The predicted molar refractivity (Wildman–Crippen MR) is 65.4 cm³/mol. The number of hydrogen-bond acceptors (Lipinski definition) is 2. The molecule has 2 rings (SSSR count). The van der Waals surface area contributed by atoms with E-state index >= 15 is 0 Å². The van der Waals surface area contributed by atoms with Crippen LogP contribution in [-0.2, 0) is 0 Å². The molecule has 3 heteroatoms. The van der Waals surface area contributed by atoms with E-state index in [0.717, 1.165) is 24.3 Å². The van der Waals surface area contributed by atoms with Crippen molar-refractivity contribution in [1.82, 2.24) is 0 Å². The lowest BCUT2D eigenvalue weighted by molar-refractivity contribution is 0.328. The molecule has 88 valence electrons. The third kappa shape index (κ3) is 2.35. The van der Waals surface area contributed by atoms with Crippen LogP contribution < -0.4 is 10.6 Å². The topological polar surface area (TPSA) is 29.3 Å². The summed E-state index contributed by atoms with van der Waals surface area (Å²) >= 11 is 0. The minimum atomic E-state index is -0.929. The molecular formula is C13H19FN2. The fraction of sp³-hybridized carbons (Fsp3) is 0.538. The number of nitrogens with zero attached hydrogens (tertiary/aromatic N) is 1. The van der Waals surface area contributed by atoms with Gasteiger partial charge in [0.2, 0.25) is 0 Å². The maximum atomic E-state index is 13.9. The molecule has 2 N–H and O–H groups in total. The van der Waals surface area contributed by atoms with Crippen LogP contribution in [0.3, 0.4) is 0 Å². The monoisotopic (exact) mass is 222 g/mol. The van der Waals surface area contributed by atoms with Gasteiger partial charge in [0, 0.05) is 24.3 Å². The number of benzene rings is 1. The molecule has 1 heterocycles. The van der Waals surface area contributed by atoms with Gasteiger partial charge in [0.1, 0.15) is 6.17 Å². The van der Waals surface area contributed by atoms with Gasteiger partial charge in [-0.1, -0.05) is 18.2 Å². The van der Waals surface area contributed by atoms with Crippen LogP contribution in [0.1, 0.15) is 31.0 Å². The van der Waals surface area contributed by atoms with Crippen molar-refractivity contribution in [3.05, 3.63) is 29.8 Å². The highest BCUT2D eigenvalue weighted by Crippen LogP contribution is 2.32. The fourth-order valence-corrected chi connectivity index (χ4v) is 2.30. The largest absolute Gasteiger partial charge is 0.371 e. The smallest absolute Gasteiger partial charge is 0.128 e. The number of rotatable bonds is 4. The quantitative estimate of drug-likeness (QED) is 0.848. The van der Waals surface area contributed by atoms with E-state index in [2.05, 4.69) is 4.90 Å². The lowest BCUT2D eigenvalue weighted by Gasteiger charge is -2.22. The maximum absolute atomic E-state index is 13.9. The van der Waals surface area contributed by atoms with Crippen molar-refractivity contribution in [1.29, 1.82) is 0 Å². The molecule has 0 bridgehead atoms. The Morgan fingerprint density at radius 3 is 2.62 bits per heavy atom. The van der Waals surface area contributed by atoms with E-state index in [1.54, 1.807) is 0 Å². The molecule has 1 aliphatic rings. The lowest BCUT2D eigenvalue weighted by Crippen LogP contribution is -2.20.